The van der Waals surface area contributed by atoms with Crippen LogP contribution >= 0.6 is 27.3 Å². The van der Waals surface area contributed by atoms with E-state index in [1.165, 1.54) is 12.8 Å². The minimum Gasteiger partial charge on any atom is -0.338 e. The second kappa shape index (κ2) is 5.53. The summed E-state index contributed by atoms with van der Waals surface area (Å²) in [6.07, 6.45) is 3.62. The minimum absolute atomic E-state index is 0.206. The van der Waals surface area contributed by atoms with Crippen molar-refractivity contribution in [2.45, 2.75) is 33.1 Å². The van der Waals surface area contributed by atoms with Crippen LogP contribution < -0.4 is 0 Å². The van der Waals surface area contributed by atoms with Gasteiger partial charge in [-0.3, -0.25) is 4.79 Å². The molecule has 0 aliphatic heterocycles. The highest BCUT2D eigenvalue weighted by atomic mass is 79.9. The molecule has 0 bridgehead atoms. The second-order valence-electron chi connectivity index (χ2n) is 4.76. The van der Waals surface area contributed by atoms with Gasteiger partial charge in [0.25, 0.3) is 5.91 Å². The van der Waals surface area contributed by atoms with Gasteiger partial charge < -0.3 is 4.90 Å². The van der Waals surface area contributed by atoms with Crippen LogP contribution in [0.2, 0.25) is 0 Å². The van der Waals surface area contributed by atoms with E-state index in [1.54, 1.807) is 11.3 Å². The van der Waals surface area contributed by atoms with E-state index in [-0.39, 0.29) is 5.91 Å². The molecule has 4 heteroatoms. The normalized spacial score (nSPS) is 15.0. The third kappa shape index (κ3) is 3.32. The predicted octanol–water partition coefficient (Wildman–Crippen LogP) is 4.08. The van der Waals surface area contributed by atoms with Crippen molar-refractivity contribution in [3.63, 3.8) is 0 Å². The summed E-state index contributed by atoms with van der Waals surface area (Å²) in [5, 5.41) is 0. The molecule has 0 atom stereocenters. The molecular weight excluding hydrogens is 298 g/mol. The number of hydrogen-bond acceptors (Lipinski definition) is 2. The van der Waals surface area contributed by atoms with Gasteiger partial charge in [0.15, 0.2) is 0 Å². The number of hydrogen-bond donors (Lipinski definition) is 0. The van der Waals surface area contributed by atoms with Crippen LogP contribution in [0.1, 0.15) is 41.4 Å². The highest BCUT2D eigenvalue weighted by Gasteiger charge is 2.27. The molecule has 0 saturated heterocycles. The first-order valence-electron chi connectivity index (χ1n) is 6.17. The fraction of sp³-hybridized carbons (Fsp3) is 0.615. The van der Waals surface area contributed by atoms with Gasteiger partial charge in [-0.2, -0.15) is 0 Å². The SMILES string of the molecule is CCCN(CC1CC1)C(=O)c1cc(C)c(Br)s1. The Bertz CT molecular complexity index is 392. The molecule has 1 aliphatic rings. The van der Waals surface area contributed by atoms with Crippen LogP contribution in [-0.2, 0) is 0 Å². The van der Waals surface area contributed by atoms with Gasteiger partial charge in [-0.1, -0.05) is 6.92 Å². The van der Waals surface area contributed by atoms with Crippen molar-refractivity contribution in [3.8, 4) is 0 Å². The number of rotatable bonds is 5. The molecular formula is C13H18BrNOS. The van der Waals surface area contributed by atoms with E-state index in [0.29, 0.717) is 0 Å². The zero-order valence-electron chi connectivity index (χ0n) is 10.3. The van der Waals surface area contributed by atoms with Crippen molar-refractivity contribution >= 4 is 33.2 Å². The lowest BCUT2D eigenvalue weighted by Gasteiger charge is -2.21. The van der Waals surface area contributed by atoms with Crippen LogP contribution in [0, 0.1) is 12.8 Å². The largest absolute Gasteiger partial charge is 0.338 e. The molecule has 2 rings (SSSR count). The highest BCUT2D eigenvalue weighted by molar-refractivity contribution is 9.11. The van der Waals surface area contributed by atoms with Crippen LogP contribution in [0.15, 0.2) is 9.85 Å². The maximum absolute atomic E-state index is 12.4. The van der Waals surface area contributed by atoms with Crippen molar-refractivity contribution in [1.82, 2.24) is 4.90 Å². The quantitative estimate of drug-likeness (QED) is 0.801. The van der Waals surface area contributed by atoms with Gasteiger partial charge in [0.1, 0.15) is 0 Å². The van der Waals surface area contributed by atoms with Crippen molar-refractivity contribution < 1.29 is 4.79 Å². The first-order chi connectivity index (χ1) is 8.11. The van der Waals surface area contributed by atoms with Crippen molar-refractivity contribution in [3.05, 3.63) is 20.3 Å². The fourth-order valence-electron chi connectivity index (χ4n) is 1.88. The molecule has 0 aromatic carbocycles. The number of amides is 1. The first-order valence-corrected chi connectivity index (χ1v) is 7.78. The smallest absolute Gasteiger partial charge is 0.263 e. The monoisotopic (exact) mass is 315 g/mol. The molecule has 1 aromatic heterocycles. The number of carbonyl (C=O) groups excluding carboxylic acids is 1. The fourth-order valence-corrected chi connectivity index (χ4v) is 3.38. The lowest BCUT2D eigenvalue weighted by molar-refractivity contribution is 0.0752. The zero-order chi connectivity index (χ0) is 12.4. The second-order valence-corrected chi connectivity index (χ2v) is 7.13. The average Bonchev–Trinajstić information content (AvgIpc) is 3.04. The van der Waals surface area contributed by atoms with E-state index < -0.39 is 0 Å². The van der Waals surface area contributed by atoms with E-state index in [0.717, 1.165) is 39.7 Å². The molecule has 1 fully saturated rings. The Morgan fingerprint density at radius 1 is 1.59 bits per heavy atom. The first kappa shape index (κ1) is 13.1. The number of carbonyl (C=O) groups is 1. The molecule has 2 nitrogen and oxygen atoms in total. The Morgan fingerprint density at radius 2 is 2.29 bits per heavy atom. The summed E-state index contributed by atoms with van der Waals surface area (Å²) in [6, 6.07) is 1.99. The number of halogens is 1. The van der Waals surface area contributed by atoms with Crippen LogP contribution in [0.5, 0.6) is 0 Å². The summed E-state index contributed by atoms with van der Waals surface area (Å²) in [7, 11) is 0. The van der Waals surface area contributed by atoms with E-state index >= 15 is 0 Å². The van der Waals surface area contributed by atoms with Gasteiger partial charge in [0.05, 0.1) is 8.66 Å². The lowest BCUT2D eigenvalue weighted by Crippen LogP contribution is -2.33. The molecule has 1 aliphatic carbocycles. The number of nitrogens with zero attached hydrogens (tertiary/aromatic N) is 1. The van der Waals surface area contributed by atoms with Gasteiger partial charge in [0.2, 0.25) is 0 Å². The molecule has 0 N–H and O–H groups in total. The van der Waals surface area contributed by atoms with E-state index in [1.807, 2.05) is 17.9 Å². The topological polar surface area (TPSA) is 20.3 Å². The van der Waals surface area contributed by atoms with E-state index in [2.05, 4.69) is 22.9 Å². The Labute approximate surface area is 115 Å². The van der Waals surface area contributed by atoms with E-state index in [9.17, 15) is 4.79 Å². The van der Waals surface area contributed by atoms with Crippen LogP contribution in [0.25, 0.3) is 0 Å². The Hall–Kier alpha value is -0.350. The minimum atomic E-state index is 0.206. The molecule has 1 heterocycles. The van der Waals surface area contributed by atoms with E-state index in [4.69, 9.17) is 0 Å². The van der Waals surface area contributed by atoms with Gasteiger partial charge in [-0.15, -0.1) is 11.3 Å². The summed E-state index contributed by atoms with van der Waals surface area (Å²) >= 11 is 5.03. The zero-order valence-corrected chi connectivity index (χ0v) is 12.7. The van der Waals surface area contributed by atoms with Crippen molar-refractivity contribution in [2.24, 2.45) is 5.92 Å². The van der Waals surface area contributed by atoms with Crippen molar-refractivity contribution in [1.29, 1.82) is 0 Å². The molecule has 94 valence electrons. The standard InChI is InChI=1S/C13H18BrNOS/c1-3-6-15(8-10-4-5-10)13(16)11-7-9(2)12(14)17-11/h7,10H,3-6,8H2,1-2H3. The Balaban J connectivity index is 2.08. The Kier molecular flexibility index (Phi) is 4.26. The average molecular weight is 316 g/mol. The summed E-state index contributed by atoms with van der Waals surface area (Å²) < 4.78 is 1.07. The molecule has 0 radical (unpaired) electrons. The summed E-state index contributed by atoms with van der Waals surface area (Å²) in [5.74, 6) is 0.965. The molecule has 17 heavy (non-hydrogen) atoms. The Morgan fingerprint density at radius 3 is 2.76 bits per heavy atom. The summed E-state index contributed by atoms with van der Waals surface area (Å²) in [5.41, 5.74) is 1.15. The van der Waals surface area contributed by atoms with Crippen LogP contribution in [-0.4, -0.2) is 23.9 Å². The molecule has 0 spiro atoms. The van der Waals surface area contributed by atoms with Crippen LogP contribution in [0.3, 0.4) is 0 Å². The molecule has 1 amide bonds. The lowest BCUT2D eigenvalue weighted by atomic mass is 10.3. The molecule has 0 unspecified atom stereocenters. The maximum Gasteiger partial charge on any atom is 0.263 e. The van der Waals surface area contributed by atoms with Gasteiger partial charge >= 0.3 is 0 Å². The third-order valence-corrected chi connectivity index (χ3v) is 5.15. The van der Waals surface area contributed by atoms with Gasteiger partial charge in [0, 0.05) is 13.1 Å². The molecule has 1 saturated carbocycles. The van der Waals surface area contributed by atoms with Crippen LogP contribution in [0.4, 0.5) is 0 Å². The van der Waals surface area contributed by atoms with Gasteiger partial charge in [-0.05, 0) is 59.7 Å². The number of aryl methyl sites for hydroxylation is 1. The number of thiophene rings is 1. The summed E-state index contributed by atoms with van der Waals surface area (Å²) in [6.45, 7) is 5.98. The van der Waals surface area contributed by atoms with Crippen molar-refractivity contribution in [2.75, 3.05) is 13.1 Å². The maximum atomic E-state index is 12.4. The third-order valence-electron chi connectivity index (χ3n) is 3.02. The van der Waals surface area contributed by atoms with Gasteiger partial charge in [-0.25, -0.2) is 0 Å². The molecule has 1 aromatic rings. The predicted molar refractivity (Wildman–Crippen MR) is 75.7 cm³/mol. The highest BCUT2D eigenvalue weighted by Crippen LogP contribution is 2.32. The summed E-state index contributed by atoms with van der Waals surface area (Å²) in [4.78, 5) is 15.3.